The minimum atomic E-state index is -0.689. The highest BCUT2D eigenvalue weighted by molar-refractivity contribution is 6.30. The molecule has 2 aromatic rings. The molecule has 0 unspecified atom stereocenters. The molecule has 0 saturated carbocycles. The monoisotopic (exact) mass is 390 g/mol. The third kappa shape index (κ3) is 4.14. The van der Waals surface area contributed by atoms with Crippen LogP contribution in [-0.2, 0) is 11.3 Å². The molecular formula is C17H15ClN4O5. The standard InChI is InChI=1S/C17H15ClN4O5/c18-13-3-1-12(2-4-13)10-20-8-7-19(11-17(20)23)15-6-5-14(21(24)25)9-16(15)22(26)27/h1-6,9H,7-8,10-11H2. The largest absolute Gasteiger partial charge is 0.355 e. The van der Waals surface area contributed by atoms with Crippen LogP contribution < -0.4 is 4.90 Å². The first kappa shape index (κ1) is 18.6. The molecule has 0 spiro atoms. The molecule has 1 aliphatic heterocycles. The van der Waals surface area contributed by atoms with Crippen LogP contribution in [0.3, 0.4) is 0 Å². The van der Waals surface area contributed by atoms with E-state index in [0.717, 1.165) is 11.6 Å². The molecule has 1 fully saturated rings. The Kier molecular flexibility index (Phi) is 5.22. The fourth-order valence-corrected chi connectivity index (χ4v) is 3.06. The number of benzene rings is 2. The normalized spacial score (nSPS) is 14.3. The molecule has 1 saturated heterocycles. The minimum absolute atomic E-state index is 0.0355. The number of nitro benzene ring substituents is 2. The van der Waals surface area contributed by atoms with Gasteiger partial charge in [0.15, 0.2) is 0 Å². The van der Waals surface area contributed by atoms with Gasteiger partial charge in [-0.05, 0) is 23.8 Å². The molecule has 140 valence electrons. The highest BCUT2D eigenvalue weighted by Gasteiger charge is 2.29. The van der Waals surface area contributed by atoms with E-state index in [2.05, 4.69) is 0 Å². The number of amides is 1. The summed E-state index contributed by atoms with van der Waals surface area (Å²) in [5.74, 6) is -0.177. The molecule has 2 aromatic carbocycles. The summed E-state index contributed by atoms with van der Waals surface area (Å²) in [4.78, 5) is 36.5. The summed E-state index contributed by atoms with van der Waals surface area (Å²) in [5.41, 5.74) is 0.383. The number of piperazine rings is 1. The molecular weight excluding hydrogens is 376 g/mol. The summed E-state index contributed by atoms with van der Waals surface area (Å²) in [6, 6.07) is 10.6. The topological polar surface area (TPSA) is 110 Å². The van der Waals surface area contributed by atoms with Crippen LogP contribution in [-0.4, -0.2) is 40.3 Å². The van der Waals surface area contributed by atoms with Crippen molar-refractivity contribution in [1.29, 1.82) is 0 Å². The van der Waals surface area contributed by atoms with E-state index in [1.165, 1.54) is 12.1 Å². The molecule has 0 atom stereocenters. The van der Waals surface area contributed by atoms with Crippen molar-refractivity contribution >= 4 is 34.6 Å². The van der Waals surface area contributed by atoms with Crippen LogP contribution in [0.2, 0.25) is 5.02 Å². The summed E-state index contributed by atoms with van der Waals surface area (Å²) in [6.07, 6.45) is 0. The maximum atomic E-state index is 12.5. The third-order valence-electron chi connectivity index (χ3n) is 4.31. The Balaban J connectivity index is 1.76. The Bertz CT molecular complexity index is 903. The van der Waals surface area contributed by atoms with E-state index in [1.807, 2.05) is 12.1 Å². The molecule has 0 aliphatic carbocycles. The number of rotatable bonds is 5. The van der Waals surface area contributed by atoms with Crippen LogP contribution >= 0.6 is 11.6 Å². The van der Waals surface area contributed by atoms with Crippen molar-refractivity contribution in [2.24, 2.45) is 0 Å². The van der Waals surface area contributed by atoms with Gasteiger partial charge in [-0.1, -0.05) is 23.7 Å². The smallest absolute Gasteiger partial charge is 0.299 e. The molecule has 1 amide bonds. The van der Waals surface area contributed by atoms with Crippen molar-refractivity contribution in [2.75, 3.05) is 24.5 Å². The second kappa shape index (κ2) is 7.58. The predicted molar refractivity (Wildman–Crippen MR) is 98.8 cm³/mol. The highest BCUT2D eigenvalue weighted by Crippen LogP contribution is 2.32. The molecule has 10 heteroatoms. The first-order valence-electron chi connectivity index (χ1n) is 8.05. The summed E-state index contributed by atoms with van der Waals surface area (Å²) in [7, 11) is 0. The zero-order valence-electron chi connectivity index (χ0n) is 14.1. The molecule has 0 radical (unpaired) electrons. The van der Waals surface area contributed by atoms with Gasteiger partial charge in [-0.3, -0.25) is 25.0 Å². The van der Waals surface area contributed by atoms with Crippen molar-refractivity contribution in [1.82, 2.24) is 4.90 Å². The number of carbonyl (C=O) groups excluding carboxylic acids is 1. The minimum Gasteiger partial charge on any atom is -0.355 e. The fraction of sp³-hybridized carbons (Fsp3) is 0.235. The van der Waals surface area contributed by atoms with Crippen LogP contribution in [0.15, 0.2) is 42.5 Å². The number of hydrogen-bond donors (Lipinski definition) is 0. The van der Waals surface area contributed by atoms with Gasteiger partial charge in [-0.15, -0.1) is 0 Å². The quantitative estimate of drug-likeness (QED) is 0.573. The average molecular weight is 391 g/mol. The van der Waals surface area contributed by atoms with Gasteiger partial charge in [0.2, 0.25) is 5.91 Å². The number of nitrogens with zero attached hydrogens (tertiary/aromatic N) is 4. The Labute approximate surface area is 159 Å². The molecule has 9 nitrogen and oxygen atoms in total. The van der Waals surface area contributed by atoms with Gasteiger partial charge in [-0.25, -0.2) is 0 Å². The highest BCUT2D eigenvalue weighted by atomic mass is 35.5. The molecule has 27 heavy (non-hydrogen) atoms. The van der Waals surface area contributed by atoms with Gasteiger partial charge in [0.25, 0.3) is 11.4 Å². The van der Waals surface area contributed by atoms with Crippen LogP contribution in [0.5, 0.6) is 0 Å². The van der Waals surface area contributed by atoms with E-state index >= 15 is 0 Å². The molecule has 1 aliphatic rings. The van der Waals surface area contributed by atoms with Gasteiger partial charge < -0.3 is 9.80 Å². The zero-order chi connectivity index (χ0) is 19.6. The number of non-ortho nitro benzene ring substituents is 1. The number of hydrogen-bond acceptors (Lipinski definition) is 6. The Morgan fingerprint density at radius 2 is 1.70 bits per heavy atom. The number of halogens is 1. The maximum absolute atomic E-state index is 12.5. The Morgan fingerprint density at radius 3 is 2.30 bits per heavy atom. The lowest BCUT2D eigenvalue weighted by atomic mass is 10.1. The maximum Gasteiger partial charge on any atom is 0.299 e. The first-order valence-corrected chi connectivity index (χ1v) is 8.43. The second-order valence-corrected chi connectivity index (χ2v) is 6.49. The lowest BCUT2D eigenvalue weighted by Gasteiger charge is -2.35. The Hall–Kier alpha value is -3.20. The molecule has 3 rings (SSSR count). The van der Waals surface area contributed by atoms with E-state index in [0.29, 0.717) is 24.7 Å². The molecule has 0 bridgehead atoms. The zero-order valence-corrected chi connectivity index (χ0v) is 14.8. The van der Waals surface area contributed by atoms with Crippen molar-refractivity contribution < 1.29 is 14.6 Å². The number of anilines is 1. The van der Waals surface area contributed by atoms with Crippen LogP contribution in [0.1, 0.15) is 5.56 Å². The van der Waals surface area contributed by atoms with Gasteiger partial charge >= 0.3 is 0 Å². The van der Waals surface area contributed by atoms with E-state index in [4.69, 9.17) is 11.6 Å². The average Bonchev–Trinajstić information content (AvgIpc) is 2.64. The third-order valence-corrected chi connectivity index (χ3v) is 4.56. The molecule has 1 heterocycles. The van der Waals surface area contributed by atoms with Crippen LogP contribution in [0.4, 0.5) is 17.1 Å². The van der Waals surface area contributed by atoms with Gasteiger partial charge in [0.05, 0.1) is 22.5 Å². The summed E-state index contributed by atoms with van der Waals surface area (Å²) in [6.45, 7) is 1.16. The lowest BCUT2D eigenvalue weighted by Crippen LogP contribution is -2.50. The van der Waals surface area contributed by atoms with Crippen LogP contribution in [0.25, 0.3) is 0 Å². The van der Waals surface area contributed by atoms with Crippen molar-refractivity contribution in [2.45, 2.75) is 6.54 Å². The first-order chi connectivity index (χ1) is 12.8. The van der Waals surface area contributed by atoms with Crippen molar-refractivity contribution in [3.63, 3.8) is 0 Å². The number of carbonyl (C=O) groups is 1. The summed E-state index contributed by atoms with van der Waals surface area (Å²) < 4.78 is 0. The van der Waals surface area contributed by atoms with E-state index in [-0.39, 0.29) is 29.5 Å². The predicted octanol–water partition coefficient (Wildman–Crippen LogP) is 3.01. The number of nitro groups is 2. The SMILES string of the molecule is O=C1CN(c2ccc([N+](=O)[O-])cc2[N+](=O)[O-])CCN1Cc1ccc(Cl)cc1. The second-order valence-electron chi connectivity index (χ2n) is 6.05. The van der Waals surface area contributed by atoms with Crippen LogP contribution in [0, 0.1) is 20.2 Å². The lowest BCUT2D eigenvalue weighted by molar-refractivity contribution is -0.393. The van der Waals surface area contributed by atoms with Crippen molar-refractivity contribution in [3.8, 4) is 0 Å². The summed E-state index contributed by atoms with van der Waals surface area (Å²) in [5, 5.41) is 22.8. The van der Waals surface area contributed by atoms with Crippen molar-refractivity contribution in [3.05, 3.63) is 73.3 Å². The fourth-order valence-electron chi connectivity index (χ4n) is 2.93. The summed E-state index contributed by atoms with van der Waals surface area (Å²) >= 11 is 5.86. The Morgan fingerprint density at radius 1 is 1.00 bits per heavy atom. The van der Waals surface area contributed by atoms with Gasteiger partial charge in [0, 0.05) is 30.7 Å². The van der Waals surface area contributed by atoms with E-state index < -0.39 is 9.85 Å². The van der Waals surface area contributed by atoms with E-state index in [1.54, 1.807) is 21.9 Å². The van der Waals surface area contributed by atoms with Gasteiger partial charge in [0.1, 0.15) is 5.69 Å². The van der Waals surface area contributed by atoms with E-state index in [9.17, 15) is 25.0 Å². The van der Waals surface area contributed by atoms with Gasteiger partial charge in [-0.2, -0.15) is 0 Å². The molecule has 0 N–H and O–H groups in total. The molecule has 0 aromatic heterocycles.